The predicted molar refractivity (Wildman–Crippen MR) is 108 cm³/mol. The summed E-state index contributed by atoms with van der Waals surface area (Å²) in [6.45, 7) is 1.65. The Morgan fingerprint density at radius 1 is 1.28 bits per heavy atom. The van der Waals surface area contributed by atoms with E-state index in [9.17, 15) is 22.8 Å². The number of carbonyl (C=O) groups is 1. The monoisotopic (exact) mass is 423 g/mol. The molecule has 3 N–H and O–H groups in total. The van der Waals surface area contributed by atoms with Crippen LogP contribution in [0.3, 0.4) is 0 Å². The molecule has 0 radical (unpaired) electrons. The largest absolute Gasteiger partial charge is 0.347 e. The molecule has 1 amide bonds. The van der Waals surface area contributed by atoms with E-state index in [2.05, 4.69) is 19.6 Å². The number of carbonyl (C=O) groups excluding carboxylic acids is 1. The van der Waals surface area contributed by atoms with Crippen LogP contribution in [0.4, 0.5) is 0 Å². The highest BCUT2D eigenvalue weighted by molar-refractivity contribution is 7.89. The summed E-state index contributed by atoms with van der Waals surface area (Å²) in [5.41, 5.74) is -1.03. The molecule has 0 spiro atoms. The molecule has 0 bridgehead atoms. The maximum absolute atomic E-state index is 12.5. The summed E-state index contributed by atoms with van der Waals surface area (Å²) < 4.78 is 27.6. The molecule has 3 rings (SSSR count). The van der Waals surface area contributed by atoms with Crippen LogP contribution in [0.5, 0.6) is 0 Å². The summed E-state index contributed by atoms with van der Waals surface area (Å²) in [6.07, 6.45) is 2.32. The van der Waals surface area contributed by atoms with Gasteiger partial charge in [-0.25, -0.2) is 17.9 Å². The second kappa shape index (κ2) is 8.47. The predicted octanol–water partition coefficient (Wildman–Crippen LogP) is -0.563. The fourth-order valence-corrected chi connectivity index (χ4v) is 4.65. The lowest BCUT2D eigenvalue weighted by Crippen LogP contribution is -2.43. The molecule has 1 saturated heterocycles. The number of likely N-dealkylation sites (tertiary alicyclic amines) is 1. The molecule has 2 aromatic rings. The van der Waals surface area contributed by atoms with E-state index in [1.165, 1.54) is 18.2 Å². The highest BCUT2D eigenvalue weighted by Gasteiger charge is 2.31. The summed E-state index contributed by atoms with van der Waals surface area (Å²) in [5, 5.41) is 0.0922. The van der Waals surface area contributed by atoms with Crippen molar-refractivity contribution in [3.63, 3.8) is 0 Å². The molecule has 1 aromatic carbocycles. The normalized spacial score (nSPS) is 17.7. The number of rotatable bonds is 7. The third kappa shape index (κ3) is 4.74. The van der Waals surface area contributed by atoms with Gasteiger partial charge in [-0.2, -0.15) is 0 Å². The van der Waals surface area contributed by atoms with E-state index in [0.29, 0.717) is 13.0 Å². The van der Waals surface area contributed by atoms with Crippen molar-refractivity contribution >= 4 is 26.8 Å². The van der Waals surface area contributed by atoms with Crippen molar-refractivity contribution in [2.75, 3.05) is 33.7 Å². The van der Waals surface area contributed by atoms with Gasteiger partial charge in [0, 0.05) is 27.2 Å². The Bertz CT molecular complexity index is 1120. The van der Waals surface area contributed by atoms with Gasteiger partial charge >= 0.3 is 5.69 Å². The van der Waals surface area contributed by atoms with E-state index in [0.717, 1.165) is 19.4 Å². The highest BCUT2D eigenvalue weighted by atomic mass is 32.2. The molecule has 0 aliphatic carbocycles. The van der Waals surface area contributed by atoms with Crippen LogP contribution in [-0.2, 0) is 14.8 Å². The van der Waals surface area contributed by atoms with Crippen molar-refractivity contribution in [2.45, 2.75) is 30.2 Å². The van der Waals surface area contributed by atoms with E-state index in [-0.39, 0.29) is 34.3 Å². The van der Waals surface area contributed by atoms with Crippen molar-refractivity contribution in [3.05, 3.63) is 39.0 Å². The number of benzene rings is 1. The van der Waals surface area contributed by atoms with Crippen LogP contribution in [0.15, 0.2) is 32.7 Å². The Morgan fingerprint density at radius 3 is 2.76 bits per heavy atom. The van der Waals surface area contributed by atoms with E-state index in [1.54, 1.807) is 19.0 Å². The molecular weight excluding hydrogens is 398 g/mol. The molecule has 1 unspecified atom stereocenters. The molecule has 1 aliphatic heterocycles. The molecule has 1 aliphatic rings. The van der Waals surface area contributed by atoms with Crippen LogP contribution in [0.2, 0.25) is 0 Å². The van der Waals surface area contributed by atoms with Gasteiger partial charge in [0.05, 0.1) is 21.8 Å². The van der Waals surface area contributed by atoms with Crippen molar-refractivity contribution < 1.29 is 13.2 Å². The van der Waals surface area contributed by atoms with Crippen LogP contribution >= 0.6 is 0 Å². The molecule has 1 aromatic heterocycles. The van der Waals surface area contributed by atoms with E-state index in [4.69, 9.17) is 0 Å². The Hall–Kier alpha value is -2.50. The van der Waals surface area contributed by atoms with Gasteiger partial charge in [0.2, 0.25) is 15.9 Å². The number of H-pyrrole nitrogens is 2. The summed E-state index contributed by atoms with van der Waals surface area (Å²) >= 11 is 0. The fourth-order valence-electron chi connectivity index (χ4n) is 3.55. The zero-order valence-corrected chi connectivity index (χ0v) is 17.2. The molecule has 1 fully saturated rings. The maximum Gasteiger partial charge on any atom is 0.326 e. The number of sulfonamides is 1. The van der Waals surface area contributed by atoms with Gasteiger partial charge in [0.25, 0.3) is 5.56 Å². The minimum Gasteiger partial charge on any atom is -0.347 e. The Kier molecular flexibility index (Phi) is 6.20. The smallest absolute Gasteiger partial charge is 0.326 e. The van der Waals surface area contributed by atoms with Crippen LogP contribution in [0, 0.1) is 0 Å². The van der Waals surface area contributed by atoms with Gasteiger partial charge in [-0.15, -0.1) is 0 Å². The number of nitrogens with zero attached hydrogens (tertiary/aromatic N) is 2. The van der Waals surface area contributed by atoms with Crippen LogP contribution < -0.4 is 16.0 Å². The topological polar surface area (TPSA) is 135 Å². The molecule has 11 heteroatoms. The summed E-state index contributed by atoms with van der Waals surface area (Å²) in [7, 11) is -0.339. The number of fused-ring (bicyclic) bond motifs is 1. The number of hydrogen-bond donors (Lipinski definition) is 3. The zero-order valence-electron chi connectivity index (χ0n) is 16.4. The third-order valence-corrected chi connectivity index (χ3v) is 6.48. The van der Waals surface area contributed by atoms with Gasteiger partial charge in [0.1, 0.15) is 0 Å². The minimum atomic E-state index is -3.81. The Morgan fingerprint density at radius 2 is 2.03 bits per heavy atom. The van der Waals surface area contributed by atoms with Gasteiger partial charge in [-0.3, -0.25) is 19.5 Å². The first-order valence-electron chi connectivity index (χ1n) is 9.40. The second-order valence-electron chi connectivity index (χ2n) is 7.29. The van der Waals surface area contributed by atoms with Gasteiger partial charge in [0.15, 0.2) is 0 Å². The molecule has 158 valence electrons. The van der Waals surface area contributed by atoms with Crippen molar-refractivity contribution in [1.29, 1.82) is 0 Å². The first-order valence-corrected chi connectivity index (χ1v) is 10.9. The zero-order chi connectivity index (χ0) is 21.2. The van der Waals surface area contributed by atoms with E-state index in [1.807, 2.05) is 0 Å². The highest BCUT2D eigenvalue weighted by Crippen LogP contribution is 2.19. The van der Waals surface area contributed by atoms with Crippen molar-refractivity contribution in [1.82, 2.24) is 24.5 Å². The van der Waals surface area contributed by atoms with Gasteiger partial charge < -0.3 is 9.88 Å². The van der Waals surface area contributed by atoms with Crippen molar-refractivity contribution in [2.24, 2.45) is 0 Å². The van der Waals surface area contributed by atoms with Gasteiger partial charge in [-0.05, 0) is 44.0 Å². The molecular formula is C18H25N5O5S. The van der Waals surface area contributed by atoms with E-state index >= 15 is 0 Å². The summed E-state index contributed by atoms with van der Waals surface area (Å²) in [4.78, 5) is 43.6. The third-order valence-electron chi connectivity index (χ3n) is 5.02. The number of nitrogens with one attached hydrogen (secondary N) is 3. The van der Waals surface area contributed by atoms with Crippen molar-refractivity contribution in [3.8, 4) is 0 Å². The molecule has 10 nitrogen and oxygen atoms in total. The lowest BCUT2D eigenvalue weighted by molar-refractivity contribution is -0.133. The summed E-state index contributed by atoms with van der Waals surface area (Å²) in [5.74, 6) is 0.0718. The number of hydrogen-bond acceptors (Lipinski definition) is 6. The first kappa shape index (κ1) is 21.2. The van der Waals surface area contributed by atoms with Crippen LogP contribution in [-0.4, -0.2) is 73.9 Å². The molecule has 29 heavy (non-hydrogen) atoms. The quantitative estimate of drug-likeness (QED) is 0.511. The Balaban J connectivity index is 1.62. The number of likely N-dealkylation sites (N-methyl/N-ethyl adjacent to an activating group) is 1. The average Bonchev–Trinajstić information content (AvgIpc) is 3.12. The van der Waals surface area contributed by atoms with Crippen LogP contribution in [0.1, 0.15) is 19.3 Å². The summed E-state index contributed by atoms with van der Waals surface area (Å²) in [6, 6.07) is 3.82. The first-order chi connectivity index (χ1) is 13.7. The Labute approximate surface area is 168 Å². The SMILES string of the molecule is CN(C)C(=O)C1CCCN1CCCNS(=O)(=O)c1ccc2[nH]c(=O)[nH]c(=O)c2c1. The minimum absolute atomic E-state index is 0.0515. The standard InChI is InChI=1S/C18H25N5O5S/c1-22(2)17(25)15-5-3-9-23(15)10-4-8-19-29(27,28)12-6-7-14-13(11-12)16(24)21-18(26)20-14/h6-7,11,15,19H,3-5,8-10H2,1-2H3,(H2,20,21,24,26). The maximum atomic E-state index is 12.5. The average molecular weight is 423 g/mol. The molecule has 0 saturated carbocycles. The number of aromatic nitrogens is 2. The number of amides is 1. The van der Waals surface area contributed by atoms with E-state index < -0.39 is 21.3 Å². The molecule has 1 atom stereocenters. The van der Waals surface area contributed by atoms with Gasteiger partial charge in [-0.1, -0.05) is 0 Å². The lowest BCUT2D eigenvalue weighted by atomic mass is 10.2. The second-order valence-corrected chi connectivity index (χ2v) is 9.06. The number of aromatic amines is 2. The fraction of sp³-hybridized carbons (Fsp3) is 0.500. The van der Waals surface area contributed by atoms with Crippen LogP contribution in [0.25, 0.3) is 10.9 Å². The molecule has 2 heterocycles. The lowest BCUT2D eigenvalue weighted by Gasteiger charge is -2.26.